The molecule has 0 aliphatic carbocycles. The Bertz CT molecular complexity index is 532. The molecule has 26 heavy (non-hydrogen) atoms. The molecule has 0 fully saturated rings. The summed E-state index contributed by atoms with van der Waals surface area (Å²) in [6, 6.07) is 0.475. The number of hydrogen-bond acceptors (Lipinski definition) is 4. The van der Waals surface area contributed by atoms with Gasteiger partial charge in [0.1, 0.15) is 5.76 Å². The Kier molecular flexibility index (Phi) is 11.4. The summed E-state index contributed by atoms with van der Waals surface area (Å²) in [5.74, 6) is 3.01. The molecular formula is C19H38IN5O. The van der Waals surface area contributed by atoms with E-state index in [9.17, 15) is 0 Å². The van der Waals surface area contributed by atoms with Gasteiger partial charge in [-0.2, -0.15) is 0 Å². The lowest BCUT2D eigenvalue weighted by Gasteiger charge is -2.32. The van der Waals surface area contributed by atoms with Crippen LogP contribution in [0, 0.1) is 5.92 Å². The van der Waals surface area contributed by atoms with Crippen LogP contribution in [0.1, 0.15) is 59.1 Å². The molecule has 0 saturated heterocycles. The second-order valence-corrected chi connectivity index (χ2v) is 7.78. The highest BCUT2D eigenvalue weighted by molar-refractivity contribution is 14.0. The molecule has 0 radical (unpaired) electrons. The molecular weight excluding hydrogens is 441 g/mol. The molecule has 1 heterocycles. The highest BCUT2D eigenvalue weighted by atomic mass is 127. The third-order valence-corrected chi connectivity index (χ3v) is 4.66. The molecule has 0 spiro atoms. The number of halogens is 1. The van der Waals surface area contributed by atoms with E-state index >= 15 is 0 Å². The van der Waals surface area contributed by atoms with Crippen LogP contribution in [-0.2, 0) is 12.0 Å². The smallest absolute Gasteiger partial charge is 0.213 e. The summed E-state index contributed by atoms with van der Waals surface area (Å²) < 4.78 is 5.82. The van der Waals surface area contributed by atoms with Crippen LogP contribution in [0.15, 0.2) is 15.6 Å². The van der Waals surface area contributed by atoms with Crippen LogP contribution in [0.25, 0.3) is 0 Å². The van der Waals surface area contributed by atoms with Gasteiger partial charge in [-0.25, -0.2) is 4.98 Å². The van der Waals surface area contributed by atoms with Crippen LogP contribution in [0.4, 0.5) is 0 Å². The zero-order valence-electron chi connectivity index (χ0n) is 17.7. The molecule has 1 unspecified atom stereocenters. The number of nitrogens with zero attached hydrogens (tertiary/aromatic N) is 3. The molecule has 0 aliphatic rings. The normalized spacial score (nSPS) is 13.7. The summed E-state index contributed by atoms with van der Waals surface area (Å²) in [7, 11) is 6.07. The van der Waals surface area contributed by atoms with E-state index in [4.69, 9.17) is 4.42 Å². The van der Waals surface area contributed by atoms with E-state index in [2.05, 4.69) is 74.2 Å². The predicted octanol–water partition coefficient (Wildman–Crippen LogP) is 3.62. The van der Waals surface area contributed by atoms with Gasteiger partial charge in [-0.15, -0.1) is 24.0 Å². The third-order valence-electron chi connectivity index (χ3n) is 4.66. The minimum Gasteiger partial charge on any atom is -0.443 e. The van der Waals surface area contributed by atoms with Crippen LogP contribution < -0.4 is 10.6 Å². The number of oxazole rings is 1. The summed E-state index contributed by atoms with van der Waals surface area (Å²) >= 11 is 0. The average molecular weight is 479 g/mol. The highest BCUT2D eigenvalue weighted by Gasteiger charge is 2.21. The molecule has 0 aromatic carbocycles. The van der Waals surface area contributed by atoms with Gasteiger partial charge >= 0.3 is 0 Å². The minimum absolute atomic E-state index is 0. The summed E-state index contributed by atoms with van der Waals surface area (Å²) in [5.41, 5.74) is -0.0283. The molecule has 1 rings (SSSR count). The molecule has 152 valence electrons. The third kappa shape index (κ3) is 7.82. The van der Waals surface area contributed by atoms with Crippen LogP contribution in [0.2, 0.25) is 0 Å². The Morgan fingerprint density at radius 3 is 2.27 bits per heavy atom. The highest BCUT2D eigenvalue weighted by Crippen LogP contribution is 2.22. The van der Waals surface area contributed by atoms with Gasteiger partial charge in [-0.05, 0) is 20.0 Å². The fourth-order valence-corrected chi connectivity index (χ4v) is 2.92. The Hall–Kier alpha value is -0.830. The number of hydrogen-bond donors (Lipinski definition) is 2. The first kappa shape index (κ1) is 25.2. The van der Waals surface area contributed by atoms with Crippen molar-refractivity contribution in [2.45, 2.75) is 65.5 Å². The predicted molar refractivity (Wildman–Crippen MR) is 120 cm³/mol. The van der Waals surface area contributed by atoms with Crippen molar-refractivity contribution >= 4 is 29.9 Å². The Balaban J connectivity index is 0.00000625. The molecule has 0 bridgehead atoms. The zero-order chi connectivity index (χ0) is 19.0. The average Bonchev–Trinajstić information content (AvgIpc) is 3.03. The number of likely N-dealkylation sites (N-methyl/N-ethyl adjacent to an activating group) is 1. The van der Waals surface area contributed by atoms with E-state index in [0.717, 1.165) is 18.3 Å². The van der Waals surface area contributed by atoms with Gasteiger partial charge in [0.25, 0.3) is 0 Å². The largest absolute Gasteiger partial charge is 0.443 e. The van der Waals surface area contributed by atoms with Crippen LogP contribution >= 0.6 is 24.0 Å². The van der Waals surface area contributed by atoms with E-state index < -0.39 is 0 Å². The molecule has 6 nitrogen and oxygen atoms in total. The standard InChI is InChI=1S/C19H37N5O.HI/c1-9-14(10-2)15(24(7)8)11-22-18(20-6)23-13-17-21-12-16(25-17)19(3,4)5;/h12,14-15H,9-11,13H2,1-8H3,(H2,20,22,23);1H. The number of aliphatic imine (C=N–C) groups is 1. The zero-order valence-corrected chi connectivity index (χ0v) is 20.0. The molecule has 7 heteroatoms. The second kappa shape index (κ2) is 11.8. The van der Waals surface area contributed by atoms with Crippen LogP contribution in [0.5, 0.6) is 0 Å². The molecule has 1 atom stereocenters. The van der Waals surface area contributed by atoms with Crippen LogP contribution in [0.3, 0.4) is 0 Å². The lowest BCUT2D eigenvalue weighted by atomic mass is 9.93. The fraction of sp³-hybridized carbons (Fsp3) is 0.789. The summed E-state index contributed by atoms with van der Waals surface area (Å²) in [6.45, 7) is 12.2. The van der Waals surface area contributed by atoms with Gasteiger partial charge in [0, 0.05) is 25.0 Å². The number of guanidine groups is 1. The van der Waals surface area contributed by atoms with Gasteiger partial charge in [0.2, 0.25) is 5.89 Å². The van der Waals surface area contributed by atoms with Gasteiger partial charge < -0.3 is 20.0 Å². The summed E-state index contributed by atoms with van der Waals surface area (Å²) in [5, 5.41) is 6.72. The van der Waals surface area contributed by atoms with Crippen molar-refractivity contribution < 1.29 is 4.42 Å². The van der Waals surface area contributed by atoms with Crippen molar-refractivity contribution in [2.75, 3.05) is 27.7 Å². The first-order chi connectivity index (χ1) is 11.7. The molecule has 2 N–H and O–H groups in total. The minimum atomic E-state index is -0.0283. The quantitative estimate of drug-likeness (QED) is 0.339. The van der Waals surface area contributed by atoms with E-state index in [1.165, 1.54) is 12.8 Å². The summed E-state index contributed by atoms with van der Waals surface area (Å²) in [6.07, 6.45) is 4.17. The maximum Gasteiger partial charge on any atom is 0.213 e. The second-order valence-electron chi connectivity index (χ2n) is 7.78. The molecule has 0 amide bonds. The van der Waals surface area contributed by atoms with Crippen molar-refractivity contribution in [3.8, 4) is 0 Å². The van der Waals surface area contributed by atoms with Crippen molar-refractivity contribution in [1.29, 1.82) is 0 Å². The number of rotatable bonds is 8. The molecule has 0 aliphatic heterocycles. The van der Waals surface area contributed by atoms with E-state index in [0.29, 0.717) is 24.4 Å². The van der Waals surface area contributed by atoms with E-state index in [-0.39, 0.29) is 29.4 Å². The molecule has 1 aromatic heterocycles. The number of aromatic nitrogens is 1. The summed E-state index contributed by atoms with van der Waals surface area (Å²) in [4.78, 5) is 10.9. The van der Waals surface area contributed by atoms with E-state index in [1.807, 2.05) is 6.20 Å². The number of nitrogens with one attached hydrogen (secondary N) is 2. The van der Waals surface area contributed by atoms with Crippen molar-refractivity contribution in [1.82, 2.24) is 20.5 Å². The Morgan fingerprint density at radius 1 is 1.23 bits per heavy atom. The maximum atomic E-state index is 5.82. The van der Waals surface area contributed by atoms with Gasteiger partial charge in [-0.3, -0.25) is 4.99 Å². The van der Waals surface area contributed by atoms with Crippen molar-refractivity contribution in [3.05, 3.63) is 17.8 Å². The van der Waals surface area contributed by atoms with Crippen LogP contribution in [-0.4, -0.2) is 49.6 Å². The van der Waals surface area contributed by atoms with Gasteiger partial charge in [0.05, 0.1) is 12.7 Å². The van der Waals surface area contributed by atoms with Crippen molar-refractivity contribution in [2.24, 2.45) is 10.9 Å². The molecule has 0 saturated carbocycles. The Labute approximate surface area is 176 Å². The van der Waals surface area contributed by atoms with E-state index in [1.54, 1.807) is 7.05 Å². The Morgan fingerprint density at radius 2 is 1.85 bits per heavy atom. The molecule has 1 aromatic rings. The van der Waals surface area contributed by atoms with Crippen molar-refractivity contribution in [3.63, 3.8) is 0 Å². The maximum absolute atomic E-state index is 5.82. The fourth-order valence-electron chi connectivity index (χ4n) is 2.92. The monoisotopic (exact) mass is 479 g/mol. The topological polar surface area (TPSA) is 65.7 Å². The first-order valence-corrected chi connectivity index (χ1v) is 9.29. The SMILES string of the molecule is CCC(CC)C(CNC(=NC)NCc1ncc(C(C)(C)C)o1)N(C)C.I. The lowest BCUT2D eigenvalue weighted by Crippen LogP contribution is -2.47. The van der Waals surface area contributed by atoms with Gasteiger partial charge in [0.15, 0.2) is 5.96 Å². The van der Waals surface area contributed by atoms with Gasteiger partial charge in [-0.1, -0.05) is 47.5 Å². The first-order valence-electron chi connectivity index (χ1n) is 9.29. The lowest BCUT2D eigenvalue weighted by molar-refractivity contribution is 0.200.